The highest BCUT2D eigenvalue weighted by atomic mass is 16.6. The molecule has 7 heteroatoms. The van der Waals surface area contributed by atoms with Crippen LogP contribution in [0.4, 0.5) is 17.1 Å². The normalized spacial score (nSPS) is 10.6. The molecule has 1 aromatic carbocycles. The molecular formula is C13H21N3O4. The van der Waals surface area contributed by atoms with Crippen molar-refractivity contribution in [2.45, 2.75) is 20.0 Å². The summed E-state index contributed by atoms with van der Waals surface area (Å²) in [4.78, 5) is 10.4. The van der Waals surface area contributed by atoms with Gasteiger partial charge in [-0.3, -0.25) is 10.1 Å². The van der Waals surface area contributed by atoms with E-state index in [1.807, 2.05) is 13.8 Å². The van der Waals surface area contributed by atoms with Crippen molar-refractivity contribution in [1.82, 2.24) is 0 Å². The molecule has 3 N–H and O–H groups in total. The first-order chi connectivity index (χ1) is 9.54. The highest BCUT2D eigenvalue weighted by Crippen LogP contribution is 2.26. The van der Waals surface area contributed by atoms with Crippen molar-refractivity contribution in [3.05, 3.63) is 28.3 Å². The summed E-state index contributed by atoms with van der Waals surface area (Å²) in [5.41, 5.74) is 1.36. The fourth-order valence-electron chi connectivity index (χ4n) is 1.62. The van der Waals surface area contributed by atoms with Crippen LogP contribution in [0.1, 0.15) is 13.8 Å². The third-order valence-corrected chi connectivity index (χ3v) is 2.51. The van der Waals surface area contributed by atoms with Gasteiger partial charge in [0.15, 0.2) is 0 Å². The third kappa shape index (κ3) is 5.41. The number of non-ortho nitro benzene ring substituents is 1. The molecule has 0 aliphatic carbocycles. The number of nitro benzene ring substituents is 1. The first-order valence-corrected chi connectivity index (χ1v) is 6.53. The van der Waals surface area contributed by atoms with Gasteiger partial charge in [-0.2, -0.15) is 0 Å². The Hall–Kier alpha value is -1.86. The maximum Gasteiger partial charge on any atom is 0.271 e. The van der Waals surface area contributed by atoms with Gasteiger partial charge in [0, 0.05) is 25.2 Å². The van der Waals surface area contributed by atoms with Crippen molar-refractivity contribution >= 4 is 17.1 Å². The minimum atomic E-state index is -0.439. The van der Waals surface area contributed by atoms with Gasteiger partial charge in [-0.05, 0) is 19.9 Å². The van der Waals surface area contributed by atoms with Crippen LogP contribution < -0.4 is 10.6 Å². The molecular weight excluding hydrogens is 262 g/mol. The first-order valence-electron chi connectivity index (χ1n) is 6.53. The summed E-state index contributed by atoms with van der Waals surface area (Å²) in [5.74, 6) is 0. The van der Waals surface area contributed by atoms with Gasteiger partial charge in [0.05, 0.1) is 35.6 Å². The Kier molecular flexibility index (Phi) is 6.75. The molecule has 0 heterocycles. The molecule has 0 aliphatic heterocycles. The molecule has 0 radical (unpaired) electrons. The third-order valence-electron chi connectivity index (χ3n) is 2.51. The number of nitrogens with one attached hydrogen (secondary N) is 2. The summed E-state index contributed by atoms with van der Waals surface area (Å²) in [6.07, 6.45) is 0.147. The van der Waals surface area contributed by atoms with E-state index in [9.17, 15) is 10.1 Å². The van der Waals surface area contributed by atoms with E-state index < -0.39 is 4.92 Å². The molecule has 0 bridgehead atoms. The molecule has 0 unspecified atom stereocenters. The Bertz CT molecular complexity index is 438. The van der Waals surface area contributed by atoms with Crippen molar-refractivity contribution in [2.24, 2.45) is 0 Å². The van der Waals surface area contributed by atoms with E-state index >= 15 is 0 Å². The van der Waals surface area contributed by atoms with Gasteiger partial charge in [0.2, 0.25) is 0 Å². The minimum Gasteiger partial charge on any atom is -0.395 e. The minimum absolute atomic E-state index is 0.00706. The maximum atomic E-state index is 10.8. The molecule has 112 valence electrons. The Balaban J connectivity index is 2.71. The van der Waals surface area contributed by atoms with Crippen LogP contribution in [0.25, 0.3) is 0 Å². The lowest BCUT2D eigenvalue weighted by Crippen LogP contribution is -2.15. The van der Waals surface area contributed by atoms with Crippen LogP contribution in [0.5, 0.6) is 0 Å². The van der Waals surface area contributed by atoms with Crippen LogP contribution in [-0.2, 0) is 4.74 Å². The fourth-order valence-corrected chi connectivity index (χ4v) is 1.62. The zero-order chi connectivity index (χ0) is 15.0. The van der Waals surface area contributed by atoms with Crippen LogP contribution in [0.3, 0.4) is 0 Å². The second kappa shape index (κ2) is 8.34. The predicted octanol–water partition coefficient (Wildman–Crippen LogP) is 1.84. The van der Waals surface area contributed by atoms with E-state index in [0.717, 1.165) is 0 Å². The van der Waals surface area contributed by atoms with Crippen LogP contribution in [0.15, 0.2) is 18.2 Å². The van der Waals surface area contributed by atoms with Gasteiger partial charge in [-0.25, -0.2) is 0 Å². The topological polar surface area (TPSA) is 96.7 Å². The van der Waals surface area contributed by atoms with E-state index in [0.29, 0.717) is 31.1 Å². The molecule has 0 amide bonds. The zero-order valence-electron chi connectivity index (χ0n) is 11.8. The van der Waals surface area contributed by atoms with Crippen LogP contribution in [0.2, 0.25) is 0 Å². The van der Waals surface area contributed by atoms with Crippen molar-refractivity contribution < 1.29 is 14.8 Å². The fraction of sp³-hybridized carbons (Fsp3) is 0.538. The molecule has 0 atom stereocenters. The van der Waals surface area contributed by atoms with Crippen LogP contribution in [-0.4, -0.2) is 42.4 Å². The van der Waals surface area contributed by atoms with E-state index in [1.165, 1.54) is 12.1 Å². The molecule has 7 nitrogen and oxygen atoms in total. The molecule has 20 heavy (non-hydrogen) atoms. The van der Waals surface area contributed by atoms with E-state index in [2.05, 4.69) is 10.6 Å². The molecule has 0 spiro atoms. The maximum absolute atomic E-state index is 10.8. The predicted molar refractivity (Wildman–Crippen MR) is 78.2 cm³/mol. The van der Waals surface area contributed by atoms with Crippen LogP contribution in [0, 0.1) is 10.1 Å². The second-order valence-corrected chi connectivity index (χ2v) is 4.48. The van der Waals surface area contributed by atoms with Crippen molar-refractivity contribution in [2.75, 3.05) is 36.9 Å². The van der Waals surface area contributed by atoms with E-state index in [-0.39, 0.29) is 18.4 Å². The lowest BCUT2D eigenvalue weighted by molar-refractivity contribution is -0.384. The highest BCUT2D eigenvalue weighted by molar-refractivity contribution is 5.71. The molecule has 0 saturated heterocycles. The van der Waals surface area contributed by atoms with Crippen molar-refractivity contribution in [1.29, 1.82) is 0 Å². The summed E-state index contributed by atoms with van der Waals surface area (Å²) in [7, 11) is 0. The molecule has 0 saturated carbocycles. The van der Waals surface area contributed by atoms with Gasteiger partial charge in [0.1, 0.15) is 0 Å². The highest BCUT2D eigenvalue weighted by Gasteiger charge is 2.10. The van der Waals surface area contributed by atoms with E-state index in [1.54, 1.807) is 6.07 Å². The molecule has 0 fully saturated rings. The number of nitro groups is 1. The smallest absolute Gasteiger partial charge is 0.271 e. The SMILES string of the molecule is CC(C)OCCNc1cc([N+](=O)[O-])ccc1NCCO. The monoisotopic (exact) mass is 283 g/mol. The first kappa shape index (κ1) is 16.2. The number of ether oxygens (including phenoxy) is 1. The van der Waals surface area contributed by atoms with Gasteiger partial charge >= 0.3 is 0 Å². The summed E-state index contributed by atoms with van der Waals surface area (Å²) in [6.45, 7) is 5.33. The number of aliphatic hydroxyl groups is 1. The summed E-state index contributed by atoms with van der Waals surface area (Å²) < 4.78 is 5.41. The van der Waals surface area contributed by atoms with E-state index in [4.69, 9.17) is 9.84 Å². The lowest BCUT2D eigenvalue weighted by atomic mass is 10.2. The number of benzene rings is 1. The summed E-state index contributed by atoms with van der Waals surface area (Å²) in [6, 6.07) is 4.52. The van der Waals surface area contributed by atoms with Gasteiger partial charge in [-0.15, -0.1) is 0 Å². The van der Waals surface area contributed by atoms with Crippen LogP contribution >= 0.6 is 0 Å². The molecule has 0 aliphatic rings. The number of hydrogen-bond acceptors (Lipinski definition) is 6. The lowest BCUT2D eigenvalue weighted by Gasteiger charge is -2.14. The average molecular weight is 283 g/mol. The Morgan fingerprint density at radius 1 is 1.30 bits per heavy atom. The summed E-state index contributed by atoms with van der Waals surface area (Å²) in [5, 5.41) is 25.7. The largest absolute Gasteiger partial charge is 0.395 e. The van der Waals surface area contributed by atoms with Crippen molar-refractivity contribution in [3.63, 3.8) is 0 Å². The molecule has 1 rings (SSSR count). The average Bonchev–Trinajstić information content (AvgIpc) is 2.41. The Morgan fingerprint density at radius 2 is 2.00 bits per heavy atom. The van der Waals surface area contributed by atoms with Crippen molar-refractivity contribution in [3.8, 4) is 0 Å². The Morgan fingerprint density at radius 3 is 2.60 bits per heavy atom. The second-order valence-electron chi connectivity index (χ2n) is 4.48. The van der Waals surface area contributed by atoms with Gasteiger partial charge < -0.3 is 20.5 Å². The summed E-state index contributed by atoms with van der Waals surface area (Å²) >= 11 is 0. The Labute approximate surface area is 118 Å². The number of hydrogen-bond donors (Lipinski definition) is 3. The number of nitrogens with zero attached hydrogens (tertiary/aromatic N) is 1. The number of anilines is 2. The standard InChI is InChI=1S/C13H21N3O4/c1-10(2)20-8-6-15-13-9-11(16(18)19)3-4-12(13)14-5-7-17/h3-4,9-10,14-15,17H,5-8H2,1-2H3. The zero-order valence-corrected chi connectivity index (χ0v) is 11.8. The quantitative estimate of drug-likeness (QED) is 0.363. The molecule has 1 aromatic rings. The van der Waals surface area contributed by atoms with Gasteiger partial charge in [0.25, 0.3) is 5.69 Å². The molecule has 0 aromatic heterocycles. The number of rotatable bonds is 9. The van der Waals surface area contributed by atoms with Gasteiger partial charge in [-0.1, -0.05) is 0 Å². The number of aliphatic hydroxyl groups excluding tert-OH is 1.